The van der Waals surface area contributed by atoms with Gasteiger partial charge in [0.05, 0.1) is 0 Å². The molecule has 1 fully saturated rings. The summed E-state index contributed by atoms with van der Waals surface area (Å²) < 4.78 is 5.63. The molecule has 0 spiro atoms. The number of hydrogen-bond donors (Lipinski definition) is 1. The molecule has 1 aliphatic carbocycles. The smallest absolute Gasteiger partial charge is 0.410 e. The standard InChI is InChI=1S/C22H33N3O2/c1-17-15-19-16-20(24-13-10-23-11-14-24)8-6-5-7-18(19)9-12-25(17)21(26)27-22(2,3)4/h6-8,17,23H,9-16H2,1-4H3/b20-8+. The lowest BCUT2D eigenvalue weighted by Gasteiger charge is -2.33. The van der Waals surface area contributed by atoms with E-state index in [-0.39, 0.29) is 12.1 Å². The number of nitrogens with one attached hydrogen (secondary N) is 1. The fourth-order valence-corrected chi connectivity index (χ4v) is 3.93. The molecule has 5 heteroatoms. The SMILES string of the molecule is CC1CC2=C(C=C=C/C=C(/N3CCNCC3)C2)CCN1C(=O)OC(C)(C)C. The average Bonchev–Trinajstić information content (AvgIpc) is 2.73. The van der Waals surface area contributed by atoms with Crippen LogP contribution in [0.3, 0.4) is 0 Å². The van der Waals surface area contributed by atoms with Gasteiger partial charge < -0.3 is 19.9 Å². The Morgan fingerprint density at radius 3 is 2.70 bits per heavy atom. The molecule has 2 aliphatic heterocycles. The minimum absolute atomic E-state index is 0.133. The van der Waals surface area contributed by atoms with Gasteiger partial charge in [-0.1, -0.05) is 5.57 Å². The van der Waals surface area contributed by atoms with E-state index in [1.54, 1.807) is 0 Å². The molecule has 3 rings (SSSR count). The second-order valence-electron chi connectivity index (χ2n) is 8.66. The van der Waals surface area contributed by atoms with Crippen molar-refractivity contribution in [3.8, 4) is 0 Å². The largest absolute Gasteiger partial charge is 0.444 e. The third-order valence-corrected chi connectivity index (χ3v) is 5.33. The number of piperazine rings is 1. The van der Waals surface area contributed by atoms with Crippen LogP contribution in [0.15, 0.2) is 40.8 Å². The molecule has 5 nitrogen and oxygen atoms in total. The molecule has 148 valence electrons. The lowest BCUT2D eigenvalue weighted by Crippen LogP contribution is -2.43. The molecule has 3 aliphatic rings. The molecule has 1 atom stereocenters. The molecule has 0 aromatic heterocycles. The quantitative estimate of drug-likeness (QED) is 0.715. The van der Waals surface area contributed by atoms with Crippen molar-refractivity contribution < 1.29 is 9.53 Å². The van der Waals surface area contributed by atoms with Crippen LogP contribution in [0, 0.1) is 0 Å². The van der Waals surface area contributed by atoms with Gasteiger partial charge in [0, 0.05) is 50.9 Å². The third kappa shape index (κ3) is 5.27. The van der Waals surface area contributed by atoms with Gasteiger partial charge in [-0.2, -0.15) is 0 Å². The highest BCUT2D eigenvalue weighted by Gasteiger charge is 2.30. The van der Waals surface area contributed by atoms with E-state index in [0.717, 1.165) is 45.4 Å². The Morgan fingerprint density at radius 2 is 2.00 bits per heavy atom. The van der Waals surface area contributed by atoms with Gasteiger partial charge in [-0.15, -0.1) is 5.73 Å². The van der Waals surface area contributed by atoms with E-state index in [1.807, 2.05) is 31.7 Å². The number of carbonyl (C=O) groups is 1. The van der Waals surface area contributed by atoms with E-state index in [0.29, 0.717) is 6.54 Å². The molecule has 0 radical (unpaired) electrons. The Morgan fingerprint density at radius 1 is 1.26 bits per heavy atom. The van der Waals surface area contributed by atoms with E-state index < -0.39 is 5.60 Å². The van der Waals surface area contributed by atoms with Crippen molar-refractivity contribution in [3.63, 3.8) is 0 Å². The van der Waals surface area contributed by atoms with Gasteiger partial charge in [-0.05, 0) is 64.3 Å². The first-order chi connectivity index (χ1) is 12.8. The number of carbonyl (C=O) groups excluding carboxylic acids is 1. The van der Waals surface area contributed by atoms with Crippen molar-refractivity contribution in [1.82, 2.24) is 15.1 Å². The highest BCUT2D eigenvalue weighted by Crippen LogP contribution is 2.31. The zero-order chi connectivity index (χ0) is 19.4. The van der Waals surface area contributed by atoms with Crippen molar-refractivity contribution in [2.75, 3.05) is 32.7 Å². The lowest BCUT2D eigenvalue weighted by atomic mass is 9.94. The van der Waals surface area contributed by atoms with E-state index in [4.69, 9.17) is 4.74 Å². The first-order valence-corrected chi connectivity index (χ1v) is 10.1. The third-order valence-electron chi connectivity index (χ3n) is 5.33. The van der Waals surface area contributed by atoms with Crippen LogP contribution in [0.5, 0.6) is 0 Å². The summed E-state index contributed by atoms with van der Waals surface area (Å²) in [5.74, 6) is 0. The molecular weight excluding hydrogens is 338 g/mol. The lowest BCUT2D eigenvalue weighted by molar-refractivity contribution is 0.0185. The average molecular weight is 372 g/mol. The van der Waals surface area contributed by atoms with Gasteiger partial charge in [0.2, 0.25) is 0 Å². The summed E-state index contributed by atoms with van der Waals surface area (Å²) in [5, 5.41) is 3.42. The van der Waals surface area contributed by atoms with Crippen molar-refractivity contribution in [3.05, 3.63) is 40.8 Å². The second-order valence-corrected chi connectivity index (χ2v) is 8.66. The van der Waals surface area contributed by atoms with Gasteiger partial charge in [-0.3, -0.25) is 0 Å². The number of rotatable bonds is 1. The van der Waals surface area contributed by atoms with Gasteiger partial charge in [-0.25, -0.2) is 4.79 Å². The molecule has 2 heterocycles. The van der Waals surface area contributed by atoms with Gasteiger partial charge in [0.1, 0.15) is 5.60 Å². The van der Waals surface area contributed by atoms with Crippen LogP contribution in [0.25, 0.3) is 0 Å². The Kier molecular flexibility index (Phi) is 6.13. The molecule has 1 amide bonds. The van der Waals surface area contributed by atoms with Crippen LogP contribution in [0.2, 0.25) is 0 Å². The van der Waals surface area contributed by atoms with Crippen LogP contribution < -0.4 is 5.32 Å². The topological polar surface area (TPSA) is 44.8 Å². The highest BCUT2D eigenvalue weighted by molar-refractivity contribution is 5.68. The van der Waals surface area contributed by atoms with Gasteiger partial charge in [0.25, 0.3) is 0 Å². The molecule has 1 unspecified atom stereocenters. The molecule has 27 heavy (non-hydrogen) atoms. The fourth-order valence-electron chi connectivity index (χ4n) is 3.93. The highest BCUT2D eigenvalue weighted by atomic mass is 16.6. The zero-order valence-electron chi connectivity index (χ0n) is 17.2. The normalized spacial score (nSPS) is 25.9. The molecule has 1 N–H and O–H groups in total. The van der Waals surface area contributed by atoms with Crippen LogP contribution in [0.4, 0.5) is 4.79 Å². The Bertz CT molecular complexity index is 687. The maximum Gasteiger partial charge on any atom is 0.410 e. The summed E-state index contributed by atoms with van der Waals surface area (Å²) in [5.41, 5.74) is 6.97. The van der Waals surface area contributed by atoms with Crippen LogP contribution >= 0.6 is 0 Å². The summed E-state index contributed by atoms with van der Waals surface area (Å²) in [4.78, 5) is 17.0. The Labute approximate surface area is 163 Å². The van der Waals surface area contributed by atoms with Gasteiger partial charge >= 0.3 is 6.09 Å². The minimum atomic E-state index is -0.466. The summed E-state index contributed by atoms with van der Waals surface area (Å²) in [6, 6.07) is 0.133. The predicted octanol–water partition coefficient (Wildman–Crippen LogP) is 3.61. The molecule has 0 aromatic carbocycles. The molecule has 0 bridgehead atoms. The Hall–Kier alpha value is -1.97. The number of allylic oxidation sites excluding steroid dienone is 3. The molecular formula is C22H33N3O2. The van der Waals surface area contributed by atoms with Crippen molar-refractivity contribution in [2.24, 2.45) is 0 Å². The minimum Gasteiger partial charge on any atom is -0.444 e. The summed E-state index contributed by atoms with van der Waals surface area (Å²) in [6.45, 7) is 12.7. The monoisotopic (exact) mass is 371 g/mol. The molecule has 0 aromatic rings. The van der Waals surface area contributed by atoms with Crippen molar-refractivity contribution in [2.45, 2.75) is 58.6 Å². The first-order valence-electron chi connectivity index (χ1n) is 10.1. The van der Waals surface area contributed by atoms with E-state index in [9.17, 15) is 4.79 Å². The maximum absolute atomic E-state index is 12.7. The number of nitrogens with zero attached hydrogens (tertiary/aromatic N) is 2. The maximum atomic E-state index is 12.7. The van der Waals surface area contributed by atoms with Gasteiger partial charge in [0.15, 0.2) is 0 Å². The van der Waals surface area contributed by atoms with E-state index in [2.05, 4.69) is 35.0 Å². The zero-order valence-corrected chi connectivity index (χ0v) is 17.2. The second kappa shape index (κ2) is 8.37. The fraction of sp³-hybridized carbons (Fsp3) is 0.636. The first kappa shape index (κ1) is 19.8. The molecule has 0 saturated carbocycles. The molecule has 1 saturated heterocycles. The predicted molar refractivity (Wildman–Crippen MR) is 108 cm³/mol. The van der Waals surface area contributed by atoms with Crippen LogP contribution in [-0.2, 0) is 4.74 Å². The summed E-state index contributed by atoms with van der Waals surface area (Å²) in [6.07, 6.45) is 8.82. The van der Waals surface area contributed by atoms with E-state index >= 15 is 0 Å². The summed E-state index contributed by atoms with van der Waals surface area (Å²) in [7, 11) is 0. The van der Waals surface area contributed by atoms with Crippen molar-refractivity contribution >= 4 is 6.09 Å². The van der Waals surface area contributed by atoms with E-state index in [1.165, 1.54) is 16.8 Å². The van der Waals surface area contributed by atoms with Crippen LogP contribution in [0.1, 0.15) is 47.0 Å². The number of amides is 1. The number of hydrogen-bond acceptors (Lipinski definition) is 4. The summed E-state index contributed by atoms with van der Waals surface area (Å²) >= 11 is 0. The Balaban J connectivity index is 1.76. The van der Waals surface area contributed by atoms with Crippen molar-refractivity contribution in [1.29, 1.82) is 0 Å². The number of ether oxygens (including phenoxy) is 1. The van der Waals surface area contributed by atoms with Crippen LogP contribution in [-0.4, -0.2) is 60.3 Å².